The van der Waals surface area contributed by atoms with Crippen molar-refractivity contribution >= 4 is 23.6 Å². The number of benzene rings is 1. The second kappa shape index (κ2) is 7.28. The summed E-state index contributed by atoms with van der Waals surface area (Å²) in [6.45, 7) is 2.22. The predicted molar refractivity (Wildman–Crippen MR) is 93.5 cm³/mol. The SMILES string of the molecule is Cl.O=c1[nH]c(C2CCNCC2)nc2c1nnn2Cc1ccc(F)cc1. The van der Waals surface area contributed by atoms with E-state index >= 15 is 0 Å². The fourth-order valence-corrected chi connectivity index (χ4v) is 3.04. The second-order valence-electron chi connectivity index (χ2n) is 6.02. The van der Waals surface area contributed by atoms with Gasteiger partial charge >= 0.3 is 0 Å². The molecule has 2 aromatic heterocycles. The maximum Gasteiger partial charge on any atom is 0.281 e. The van der Waals surface area contributed by atoms with E-state index in [-0.39, 0.29) is 35.2 Å². The van der Waals surface area contributed by atoms with E-state index < -0.39 is 0 Å². The van der Waals surface area contributed by atoms with Crippen molar-refractivity contribution in [3.63, 3.8) is 0 Å². The molecule has 0 amide bonds. The summed E-state index contributed by atoms with van der Waals surface area (Å²) < 4.78 is 14.6. The molecule has 1 fully saturated rings. The first-order chi connectivity index (χ1) is 11.7. The van der Waals surface area contributed by atoms with Gasteiger partial charge in [0.2, 0.25) is 0 Å². The number of hydrogen-bond donors (Lipinski definition) is 2. The van der Waals surface area contributed by atoms with E-state index in [1.54, 1.807) is 16.8 Å². The first kappa shape index (κ1) is 17.5. The summed E-state index contributed by atoms with van der Waals surface area (Å²) in [6.07, 6.45) is 1.88. The molecule has 0 bridgehead atoms. The molecule has 0 unspecified atom stereocenters. The summed E-state index contributed by atoms with van der Waals surface area (Å²) in [7, 11) is 0. The third-order valence-electron chi connectivity index (χ3n) is 4.36. The van der Waals surface area contributed by atoms with Gasteiger partial charge in [0, 0.05) is 5.92 Å². The number of hydrogen-bond acceptors (Lipinski definition) is 5. The van der Waals surface area contributed by atoms with Crippen LogP contribution in [0.5, 0.6) is 0 Å². The van der Waals surface area contributed by atoms with Gasteiger partial charge in [-0.05, 0) is 43.6 Å². The second-order valence-corrected chi connectivity index (χ2v) is 6.02. The molecular formula is C16H18ClFN6O. The number of halogens is 2. The lowest BCUT2D eigenvalue weighted by Gasteiger charge is -2.21. The van der Waals surface area contributed by atoms with Gasteiger partial charge in [-0.3, -0.25) is 4.79 Å². The predicted octanol–water partition coefficient (Wildman–Crippen LogP) is 1.59. The molecule has 25 heavy (non-hydrogen) atoms. The zero-order valence-corrected chi connectivity index (χ0v) is 14.2. The normalized spacial score (nSPS) is 15.2. The van der Waals surface area contributed by atoms with Crippen molar-refractivity contribution in [3.8, 4) is 0 Å². The minimum Gasteiger partial charge on any atom is -0.317 e. The molecule has 0 saturated carbocycles. The zero-order valence-electron chi connectivity index (χ0n) is 13.4. The van der Waals surface area contributed by atoms with E-state index in [0.29, 0.717) is 18.0 Å². The summed E-state index contributed by atoms with van der Waals surface area (Å²) >= 11 is 0. The smallest absolute Gasteiger partial charge is 0.281 e. The Morgan fingerprint density at radius 3 is 2.64 bits per heavy atom. The number of fused-ring (bicyclic) bond motifs is 1. The van der Waals surface area contributed by atoms with Crippen LogP contribution in [0.4, 0.5) is 4.39 Å². The standard InChI is InChI=1S/C16H17FN6O.ClH/c17-12-3-1-10(2-4-12)9-23-15-13(21-22-23)16(24)20-14(19-15)11-5-7-18-8-6-11;/h1-4,11,18H,5-9H2,(H,19,20,24);1H. The lowest BCUT2D eigenvalue weighted by molar-refractivity contribution is 0.444. The minimum absolute atomic E-state index is 0. The van der Waals surface area contributed by atoms with Crippen molar-refractivity contribution in [1.82, 2.24) is 30.3 Å². The molecule has 3 aromatic rings. The lowest BCUT2D eigenvalue weighted by Crippen LogP contribution is -2.28. The molecule has 1 aromatic carbocycles. The first-order valence-corrected chi connectivity index (χ1v) is 7.99. The number of nitrogens with one attached hydrogen (secondary N) is 2. The van der Waals surface area contributed by atoms with E-state index in [1.165, 1.54) is 12.1 Å². The monoisotopic (exact) mass is 364 g/mol. The van der Waals surface area contributed by atoms with Gasteiger partial charge < -0.3 is 10.3 Å². The Bertz CT molecular complexity index is 917. The Morgan fingerprint density at radius 2 is 1.92 bits per heavy atom. The minimum atomic E-state index is -0.287. The average Bonchev–Trinajstić information content (AvgIpc) is 3.01. The molecule has 0 atom stereocenters. The van der Waals surface area contributed by atoms with Crippen LogP contribution in [0.2, 0.25) is 0 Å². The maximum atomic E-state index is 13.0. The maximum absolute atomic E-state index is 13.0. The van der Waals surface area contributed by atoms with Gasteiger partial charge in [0.15, 0.2) is 11.2 Å². The molecule has 0 radical (unpaired) electrons. The Balaban J connectivity index is 0.00000182. The third-order valence-corrected chi connectivity index (χ3v) is 4.36. The van der Waals surface area contributed by atoms with E-state index in [4.69, 9.17) is 0 Å². The number of rotatable bonds is 3. The van der Waals surface area contributed by atoms with Crippen molar-refractivity contribution < 1.29 is 4.39 Å². The van der Waals surface area contributed by atoms with Crippen molar-refractivity contribution in [2.45, 2.75) is 25.3 Å². The van der Waals surface area contributed by atoms with Gasteiger partial charge in [-0.1, -0.05) is 17.3 Å². The van der Waals surface area contributed by atoms with Crippen LogP contribution in [0.25, 0.3) is 11.2 Å². The van der Waals surface area contributed by atoms with Gasteiger partial charge in [0.25, 0.3) is 5.56 Å². The largest absolute Gasteiger partial charge is 0.317 e. The van der Waals surface area contributed by atoms with Gasteiger partial charge in [-0.2, -0.15) is 0 Å². The highest BCUT2D eigenvalue weighted by molar-refractivity contribution is 5.85. The van der Waals surface area contributed by atoms with Crippen LogP contribution in [0, 0.1) is 5.82 Å². The highest BCUT2D eigenvalue weighted by Crippen LogP contribution is 2.22. The first-order valence-electron chi connectivity index (χ1n) is 7.99. The van der Waals surface area contributed by atoms with Crippen LogP contribution in [0.1, 0.15) is 30.1 Å². The van der Waals surface area contributed by atoms with Gasteiger partial charge in [-0.25, -0.2) is 14.1 Å². The molecule has 9 heteroatoms. The van der Waals surface area contributed by atoms with Crippen LogP contribution in [-0.4, -0.2) is 38.1 Å². The fourth-order valence-electron chi connectivity index (χ4n) is 3.04. The van der Waals surface area contributed by atoms with Crippen LogP contribution < -0.4 is 10.9 Å². The molecule has 3 heterocycles. The fraction of sp³-hybridized carbons (Fsp3) is 0.375. The number of aromatic amines is 1. The van der Waals surface area contributed by atoms with Crippen molar-refractivity contribution in [3.05, 3.63) is 51.8 Å². The Morgan fingerprint density at radius 1 is 1.20 bits per heavy atom. The molecule has 1 saturated heterocycles. The third kappa shape index (κ3) is 3.54. The van der Waals surface area contributed by atoms with Crippen molar-refractivity contribution in [2.75, 3.05) is 13.1 Å². The zero-order chi connectivity index (χ0) is 16.5. The molecule has 1 aliphatic heterocycles. The molecule has 132 valence electrons. The summed E-state index contributed by atoms with van der Waals surface area (Å²) in [5.74, 6) is 0.638. The lowest BCUT2D eigenvalue weighted by atomic mass is 9.97. The molecule has 2 N–H and O–H groups in total. The average molecular weight is 365 g/mol. The van der Waals surface area contributed by atoms with Gasteiger partial charge in [0.05, 0.1) is 6.54 Å². The number of nitrogens with zero attached hydrogens (tertiary/aromatic N) is 4. The van der Waals surface area contributed by atoms with Gasteiger partial charge in [-0.15, -0.1) is 17.5 Å². The molecule has 7 nitrogen and oxygen atoms in total. The van der Waals surface area contributed by atoms with E-state index in [0.717, 1.165) is 31.5 Å². The van der Waals surface area contributed by atoms with Gasteiger partial charge in [0.1, 0.15) is 11.6 Å². The molecule has 1 aliphatic rings. The molecular weight excluding hydrogens is 347 g/mol. The molecule has 0 spiro atoms. The Labute approximate surface area is 149 Å². The Kier molecular flexibility index (Phi) is 5.10. The topological polar surface area (TPSA) is 88.5 Å². The molecule has 4 rings (SSSR count). The highest BCUT2D eigenvalue weighted by Gasteiger charge is 2.20. The summed E-state index contributed by atoms with van der Waals surface area (Å²) in [4.78, 5) is 19.7. The highest BCUT2D eigenvalue weighted by atomic mass is 35.5. The van der Waals surface area contributed by atoms with E-state index in [1.807, 2.05) is 0 Å². The van der Waals surface area contributed by atoms with Crippen molar-refractivity contribution in [2.24, 2.45) is 0 Å². The van der Waals surface area contributed by atoms with Crippen LogP contribution in [0.15, 0.2) is 29.1 Å². The number of H-pyrrole nitrogens is 1. The summed E-state index contributed by atoms with van der Waals surface area (Å²) in [6, 6.07) is 6.16. The van der Waals surface area contributed by atoms with Crippen molar-refractivity contribution in [1.29, 1.82) is 0 Å². The number of aromatic nitrogens is 5. The summed E-state index contributed by atoms with van der Waals surface area (Å²) in [5.41, 5.74) is 1.30. The molecule has 0 aliphatic carbocycles. The number of piperidine rings is 1. The van der Waals surface area contributed by atoms with E-state index in [2.05, 4.69) is 25.6 Å². The summed E-state index contributed by atoms with van der Waals surface area (Å²) in [5, 5.41) is 11.3. The van der Waals surface area contributed by atoms with E-state index in [9.17, 15) is 9.18 Å². The van der Waals surface area contributed by atoms with Crippen LogP contribution in [0.3, 0.4) is 0 Å². The quantitative estimate of drug-likeness (QED) is 0.736. The Hall–Kier alpha value is -2.32. The van der Waals surface area contributed by atoms with Crippen LogP contribution >= 0.6 is 12.4 Å². The van der Waals surface area contributed by atoms with Crippen LogP contribution in [-0.2, 0) is 6.54 Å².